The molecule has 0 saturated heterocycles. The number of hydrogen-bond acceptors (Lipinski definition) is 6. The number of benzene rings is 1. The molecule has 2 aromatic rings. The van der Waals surface area contributed by atoms with Gasteiger partial charge in [0.15, 0.2) is 11.0 Å². The summed E-state index contributed by atoms with van der Waals surface area (Å²) in [5, 5.41) is 9.01. The molecule has 0 aliphatic rings. The molecule has 136 valence electrons. The first kappa shape index (κ1) is 19.3. The van der Waals surface area contributed by atoms with Crippen LogP contribution in [0.5, 0.6) is 0 Å². The Labute approximate surface area is 153 Å². The number of rotatable bonds is 8. The zero-order chi connectivity index (χ0) is 18.4. The van der Waals surface area contributed by atoms with Gasteiger partial charge >= 0.3 is 5.97 Å². The van der Waals surface area contributed by atoms with E-state index in [9.17, 15) is 4.79 Å². The second-order valence-corrected chi connectivity index (χ2v) is 6.86. The molecule has 1 aromatic carbocycles. The van der Waals surface area contributed by atoms with Crippen LogP contribution < -0.4 is 4.90 Å². The minimum absolute atomic E-state index is 0.263. The highest BCUT2D eigenvalue weighted by molar-refractivity contribution is 8.00. The second-order valence-electron chi connectivity index (χ2n) is 5.55. The first-order chi connectivity index (χ1) is 12.0. The first-order valence-corrected chi connectivity index (χ1v) is 9.46. The van der Waals surface area contributed by atoms with Crippen molar-refractivity contribution in [2.45, 2.75) is 44.6 Å². The fourth-order valence-electron chi connectivity index (χ4n) is 2.66. The van der Waals surface area contributed by atoms with Crippen LogP contribution in [-0.4, -0.2) is 46.2 Å². The van der Waals surface area contributed by atoms with Gasteiger partial charge in [0.2, 0.25) is 0 Å². The van der Waals surface area contributed by atoms with Gasteiger partial charge in [0.05, 0.1) is 7.11 Å². The van der Waals surface area contributed by atoms with Gasteiger partial charge in [-0.25, -0.2) is 0 Å². The predicted molar refractivity (Wildman–Crippen MR) is 102 cm³/mol. The smallest absolute Gasteiger partial charge is 0.318 e. The highest BCUT2D eigenvalue weighted by Gasteiger charge is 2.20. The zero-order valence-corrected chi connectivity index (χ0v) is 16.3. The van der Waals surface area contributed by atoms with E-state index in [0.717, 1.165) is 36.2 Å². The van der Waals surface area contributed by atoms with Gasteiger partial charge in [0, 0.05) is 30.9 Å². The number of esters is 1. The van der Waals surface area contributed by atoms with Gasteiger partial charge in [-0.15, -0.1) is 10.2 Å². The van der Waals surface area contributed by atoms with E-state index in [1.165, 1.54) is 24.6 Å². The van der Waals surface area contributed by atoms with Gasteiger partial charge < -0.3 is 14.2 Å². The van der Waals surface area contributed by atoms with Crippen molar-refractivity contribution in [3.05, 3.63) is 24.3 Å². The molecule has 1 aromatic heterocycles. The lowest BCUT2D eigenvalue weighted by Crippen LogP contribution is -2.21. The highest BCUT2D eigenvalue weighted by Crippen LogP contribution is 2.28. The van der Waals surface area contributed by atoms with Crippen molar-refractivity contribution in [3.63, 3.8) is 0 Å². The number of ether oxygens (including phenoxy) is 1. The molecule has 0 radical (unpaired) electrons. The molecule has 0 aliphatic heterocycles. The van der Waals surface area contributed by atoms with Crippen LogP contribution in [0.1, 0.15) is 27.7 Å². The van der Waals surface area contributed by atoms with Crippen molar-refractivity contribution in [3.8, 4) is 11.4 Å². The number of hydrogen-bond donors (Lipinski definition) is 0. The maximum atomic E-state index is 11.6. The van der Waals surface area contributed by atoms with E-state index >= 15 is 0 Å². The summed E-state index contributed by atoms with van der Waals surface area (Å²) in [6.45, 7) is 10.8. The highest BCUT2D eigenvalue weighted by atomic mass is 32.2. The lowest BCUT2D eigenvalue weighted by molar-refractivity contribution is -0.139. The third-order valence-electron chi connectivity index (χ3n) is 4.10. The van der Waals surface area contributed by atoms with E-state index in [1.54, 1.807) is 0 Å². The molecule has 1 unspecified atom stereocenters. The van der Waals surface area contributed by atoms with Crippen LogP contribution in [-0.2, 0) is 16.1 Å². The van der Waals surface area contributed by atoms with E-state index < -0.39 is 0 Å². The van der Waals surface area contributed by atoms with Gasteiger partial charge in [-0.1, -0.05) is 11.8 Å². The summed E-state index contributed by atoms with van der Waals surface area (Å²) in [4.78, 5) is 13.9. The Morgan fingerprint density at radius 3 is 2.36 bits per heavy atom. The van der Waals surface area contributed by atoms with Gasteiger partial charge in [0.1, 0.15) is 5.25 Å². The fraction of sp³-hybridized carbons (Fsp3) is 0.500. The predicted octanol–water partition coefficient (Wildman–Crippen LogP) is 3.46. The quantitative estimate of drug-likeness (QED) is 0.529. The Morgan fingerprint density at radius 2 is 1.84 bits per heavy atom. The van der Waals surface area contributed by atoms with Crippen LogP contribution in [0.4, 0.5) is 5.69 Å². The monoisotopic (exact) mass is 362 g/mol. The topological polar surface area (TPSA) is 60.3 Å². The maximum Gasteiger partial charge on any atom is 0.318 e. The minimum atomic E-state index is -0.322. The molecule has 0 saturated carbocycles. The van der Waals surface area contributed by atoms with Crippen molar-refractivity contribution in [1.82, 2.24) is 14.8 Å². The van der Waals surface area contributed by atoms with E-state index in [4.69, 9.17) is 4.74 Å². The molecular formula is C18H26N4O2S. The Hall–Kier alpha value is -2.02. The molecular weight excluding hydrogens is 336 g/mol. The van der Waals surface area contributed by atoms with Gasteiger partial charge in [0.25, 0.3) is 0 Å². The molecule has 0 bridgehead atoms. The van der Waals surface area contributed by atoms with Crippen molar-refractivity contribution >= 4 is 23.4 Å². The van der Waals surface area contributed by atoms with Crippen molar-refractivity contribution in [1.29, 1.82) is 0 Å². The molecule has 2 rings (SSSR count). The first-order valence-electron chi connectivity index (χ1n) is 8.58. The Bertz CT molecular complexity index is 696. The average Bonchev–Trinajstić information content (AvgIpc) is 3.05. The Balaban J connectivity index is 2.26. The fourth-order valence-corrected chi connectivity index (χ4v) is 3.60. The van der Waals surface area contributed by atoms with Gasteiger partial charge in [-0.3, -0.25) is 4.79 Å². The van der Waals surface area contributed by atoms with E-state index in [0.29, 0.717) is 0 Å². The number of nitrogens with zero attached hydrogens (tertiary/aromatic N) is 4. The summed E-state index contributed by atoms with van der Waals surface area (Å²) >= 11 is 1.36. The molecule has 1 atom stereocenters. The van der Waals surface area contributed by atoms with E-state index in [1.807, 2.05) is 18.4 Å². The summed E-state index contributed by atoms with van der Waals surface area (Å²) in [5.74, 6) is 0.550. The SMILES string of the molecule is CCN(CC)c1ccc(-c2nnc(SC(C)C(=O)OC)n2CC)cc1. The standard InChI is InChI=1S/C18H26N4O2S/c1-6-21(7-2)15-11-9-14(10-12-15)16-19-20-18(22(16)8-3)25-13(4)17(23)24-5/h9-13H,6-8H2,1-5H3. The van der Waals surface area contributed by atoms with Crippen LogP contribution in [0.2, 0.25) is 0 Å². The Kier molecular flexibility index (Phi) is 6.87. The number of anilines is 1. The Morgan fingerprint density at radius 1 is 1.20 bits per heavy atom. The molecule has 0 amide bonds. The van der Waals surface area contributed by atoms with Gasteiger partial charge in [-0.2, -0.15) is 0 Å². The number of thioether (sulfide) groups is 1. The summed E-state index contributed by atoms with van der Waals surface area (Å²) in [5.41, 5.74) is 2.22. The van der Waals surface area contributed by atoms with Gasteiger partial charge in [-0.05, 0) is 52.0 Å². The molecule has 0 N–H and O–H groups in total. The third-order valence-corrected chi connectivity index (χ3v) is 5.16. The largest absolute Gasteiger partial charge is 0.468 e. The van der Waals surface area contributed by atoms with Crippen molar-refractivity contribution in [2.75, 3.05) is 25.1 Å². The molecule has 25 heavy (non-hydrogen) atoms. The lowest BCUT2D eigenvalue weighted by Gasteiger charge is -2.21. The van der Waals surface area contributed by atoms with Crippen LogP contribution in [0, 0.1) is 0 Å². The summed E-state index contributed by atoms with van der Waals surface area (Å²) in [6, 6.07) is 8.37. The summed E-state index contributed by atoms with van der Waals surface area (Å²) < 4.78 is 6.81. The van der Waals surface area contributed by atoms with E-state index in [-0.39, 0.29) is 11.2 Å². The minimum Gasteiger partial charge on any atom is -0.468 e. The van der Waals surface area contributed by atoms with E-state index in [2.05, 4.69) is 53.2 Å². The molecule has 0 fully saturated rings. The molecule has 0 spiro atoms. The summed E-state index contributed by atoms with van der Waals surface area (Å²) in [6.07, 6.45) is 0. The molecule has 1 heterocycles. The lowest BCUT2D eigenvalue weighted by atomic mass is 10.2. The second kappa shape index (κ2) is 8.89. The van der Waals surface area contributed by atoms with Crippen molar-refractivity contribution in [2.24, 2.45) is 0 Å². The van der Waals surface area contributed by atoms with Crippen molar-refractivity contribution < 1.29 is 9.53 Å². The van der Waals surface area contributed by atoms with Crippen LogP contribution in [0.15, 0.2) is 29.4 Å². The molecule has 6 nitrogen and oxygen atoms in total. The van der Waals surface area contributed by atoms with Crippen LogP contribution in [0.3, 0.4) is 0 Å². The molecule has 0 aliphatic carbocycles. The third kappa shape index (κ3) is 4.34. The average molecular weight is 362 g/mol. The maximum absolute atomic E-state index is 11.6. The number of methoxy groups -OCH3 is 1. The number of carbonyl (C=O) groups is 1. The van der Waals surface area contributed by atoms with Crippen LogP contribution >= 0.6 is 11.8 Å². The summed E-state index contributed by atoms with van der Waals surface area (Å²) in [7, 11) is 1.40. The molecule has 7 heteroatoms. The number of aromatic nitrogens is 3. The van der Waals surface area contributed by atoms with Crippen LogP contribution in [0.25, 0.3) is 11.4 Å². The zero-order valence-electron chi connectivity index (χ0n) is 15.5. The number of carbonyl (C=O) groups excluding carboxylic acids is 1. The normalized spacial score (nSPS) is 12.0.